The van der Waals surface area contributed by atoms with Gasteiger partial charge in [-0.3, -0.25) is 4.79 Å². The number of carbonyl (C=O) groups is 1. The highest BCUT2D eigenvalue weighted by molar-refractivity contribution is 5.75. The number of rotatable bonds is 10. The van der Waals surface area contributed by atoms with Crippen LogP contribution in [0.15, 0.2) is 24.3 Å². The number of esters is 1. The zero-order chi connectivity index (χ0) is 20.5. The summed E-state index contributed by atoms with van der Waals surface area (Å²) in [7, 11) is 0. The van der Waals surface area contributed by atoms with Gasteiger partial charge in [0.1, 0.15) is 5.75 Å². The van der Waals surface area contributed by atoms with E-state index in [0.29, 0.717) is 0 Å². The Morgan fingerprint density at radius 1 is 0.862 bits per heavy atom. The lowest BCUT2D eigenvalue weighted by Crippen LogP contribution is -2.35. The fourth-order valence-corrected chi connectivity index (χ4v) is 5.65. The van der Waals surface area contributed by atoms with Crippen LogP contribution in [0.3, 0.4) is 0 Å². The Morgan fingerprint density at radius 2 is 1.55 bits per heavy atom. The van der Waals surface area contributed by atoms with E-state index in [2.05, 4.69) is 26.0 Å². The molecule has 2 heteroatoms. The topological polar surface area (TPSA) is 26.3 Å². The van der Waals surface area contributed by atoms with Gasteiger partial charge in [-0.1, -0.05) is 70.9 Å². The van der Waals surface area contributed by atoms with Crippen LogP contribution in [0.4, 0.5) is 0 Å². The smallest absolute Gasteiger partial charge is 0.314 e. The van der Waals surface area contributed by atoms with E-state index in [1.807, 2.05) is 12.1 Å². The summed E-state index contributed by atoms with van der Waals surface area (Å²) in [6.07, 6.45) is 17.9. The molecule has 2 unspecified atom stereocenters. The highest BCUT2D eigenvalue weighted by atomic mass is 16.5. The van der Waals surface area contributed by atoms with Crippen molar-refractivity contribution in [3.63, 3.8) is 0 Å². The normalized spacial score (nSPS) is 26.7. The molecule has 0 amide bonds. The van der Waals surface area contributed by atoms with Gasteiger partial charge in [-0.25, -0.2) is 0 Å². The molecule has 162 valence electrons. The van der Waals surface area contributed by atoms with Crippen LogP contribution in [0, 0.1) is 23.7 Å². The molecule has 0 spiro atoms. The Kier molecular flexibility index (Phi) is 9.08. The number of ether oxygens (including phenoxy) is 1. The van der Waals surface area contributed by atoms with Gasteiger partial charge >= 0.3 is 5.97 Å². The first-order chi connectivity index (χ1) is 14.2. The Morgan fingerprint density at radius 3 is 2.31 bits per heavy atom. The number of unbranched alkanes of at least 4 members (excludes halogenated alkanes) is 4. The van der Waals surface area contributed by atoms with Crippen LogP contribution in [0.5, 0.6) is 5.75 Å². The second-order valence-corrected chi connectivity index (χ2v) is 9.73. The van der Waals surface area contributed by atoms with E-state index < -0.39 is 0 Å². The minimum atomic E-state index is 0.00672. The summed E-state index contributed by atoms with van der Waals surface area (Å²) in [5.74, 6) is 3.40. The first-order valence-electron chi connectivity index (χ1n) is 12.5. The third kappa shape index (κ3) is 6.86. The quantitative estimate of drug-likeness (QED) is 0.229. The van der Waals surface area contributed by atoms with Crippen molar-refractivity contribution in [3.05, 3.63) is 29.8 Å². The molecule has 0 aliphatic heterocycles. The summed E-state index contributed by atoms with van der Waals surface area (Å²) in [4.78, 5) is 12.8. The maximum Gasteiger partial charge on any atom is 0.314 e. The van der Waals surface area contributed by atoms with Gasteiger partial charge in [0.25, 0.3) is 0 Å². The zero-order valence-corrected chi connectivity index (χ0v) is 18.8. The average Bonchev–Trinajstić information content (AvgIpc) is 2.75. The lowest BCUT2D eigenvalue weighted by atomic mass is 9.64. The largest absolute Gasteiger partial charge is 0.426 e. The molecule has 4 atom stereocenters. The molecular formula is C27H42O2. The number of hydrogen-bond acceptors (Lipinski definition) is 2. The number of fused-ring (bicyclic) bond motifs is 1. The van der Waals surface area contributed by atoms with Crippen LogP contribution in [-0.4, -0.2) is 5.97 Å². The van der Waals surface area contributed by atoms with E-state index >= 15 is 0 Å². The van der Waals surface area contributed by atoms with E-state index in [9.17, 15) is 4.79 Å². The fraction of sp³-hybridized carbons (Fsp3) is 0.741. The Labute approximate surface area is 178 Å². The van der Waals surface area contributed by atoms with E-state index in [0.717, 1.165) is 42.8 Å². The summed E-state index contributed by atoms with van der Waals surface area (Å²) in [5.41, 5.74) is 1.34. The van der Waals surface area contributed by atoms with E-state index in [1.54, 1.807) is 0 Å². The first-order valence-corrected chi connectivity index (χ1v) is 12.5. The molecule has 3 rings (SSSR count). The lowest BCUT2D eigenvalue weighted by Gasteiger charge is -2.41. The third-order valence-electron chi connectivity index (χ3n) is 7.48. The van der Waals surface area contributed by atoms with Crippen molar-refractivity contribution in [2.45, 2.75) is 104 Å². The summed E-state index contributed by atoms with van der Waals surface area (Å²) < 4.78 is 5.76. The molecule has 2 aliphatic carbocycles. The minimum Gasteiger partial charge on any atom is -0.426 e. The number of benzene rings is 1. The first kappa shape index (κ1) is 22.4. The molecule has 0 bridgehead atoms. The average molecular weight is 399 g/mol. The maximum atomic E-state index is 12.8. The van der Waals surface area contributed by atoms with Gasteiger partial charge < -0.3 is 4.74 Å². The minimum absolute atomic E-state index is 0.00672. The molecule has 0 aromatic heterocycles. The van der Waals surface area contributed by atoms with Gasteiger partial charge in [0.05, 0.1) is 5.92 Å². The third-order valence-corrected chi connectivity index (χ3v) is 7.48. The summed E-state index contributed by atoms with van der Waals surface area (Å²) in [6, 6.07) is 8.20. The van der Waals surface area contributed by atoms with E-state index in [-0.39, 0.29) is 11.9 Å². The van der Waals surface area contributed by atoms with Gasteiger partial charge in [-0.15, -0.1) is 0 Å². The van der Waals surface area contributed by atoms with Crippen LogP contribution >= 0.6 is 0 Å². The second-order valence-electron chi connectivity index (χ2n) is 9.73. The highest BCUT2D eigenvalue weighted by Gasteiger charge is 2.38. The van der Waals surface area contributed by atoms with Crippen molar-refractivity contribution in [2.24, 2.45) is 23.7 Å². The Bertz CT molecular complexity index is 605. The SMILES string of the molecule is CCCCCc1ccc(OC(=O)[C@@H]2CC[C@@H]3CC(CCCCC)CCC3C2)cc1. The van der Waals surface area contributed by atoms with Crippen molar-refractivity contribution >= 4 is 5.97 Å². The molecule has 0 N–H and O–H groups in total. The molecule has 2 aliphatic rings. The molecule has 1 aromatic carbocycles. The van der Waals surface area contributed by atoms with Gasteiger partial charge in [0.15, 0.2) is 0 Å². The fourth-order valence-electron chi connectivity index (χ4n) is 5.65. The Hall–Kier alpha value is -1.31. The molecule has 2 fully saturated rings. The number of aryl methyl sites for hydroxylation is 1. The van der Waals surface area contributed by atoms with Crippen molar-refractivity contribution in [3.8, 4) is 5.75 Å². The lowest BCUT2D eigenvalue weighted by molar-refractivity contribution is -0.141. The van der Waals surface area contributed by atoms with Crippen molar-refractivity contribution < 1.29 is 9.53 Å². The molecule has 2 saturated carbocycles. The van der Waals surface area contributed by atoms with Crippen molar-refractivity contribution in [1.29, 1.82) is 0 Å². The molecule has 0 saturated heterocycles. The molecule has 2 nitrogen and oxygen atoms in total. The predicted octanol–water partition coefficient (Wildman–Crippen LogP) is 7.74. The van der Waals surface area contributed by atoms with Gasteiger partial charge in [-0.05, 0) is 80.4 Å². The zero-order valence-electron chi connectivity index (χ0n) is 18.8. The standard InChI is InChI=1S/C27H42O2/c1-3-5-7-9-21-12-17-26(18-13-21)29-27(28)25-16-15-23-19-22(10-8-6-4-2)11-14-24(23)20-25/h12-13,17-18,22-25H,3-11,14-16,19-20H2,1-2H3/t22?,23-,24?,25-/m1/s1. The summed E-state index contributed by atoms with van der Waals surface area (Å²) in [5, 5.41) is 0. The van der Waals surface area contributed by atoms with Crippen LogP contribution < -0.4 is 4.74 Å². The maximum absolute atomic E-state index is 12.8. The van der Waals surface area contributed by atoms with Gasteiger partial charge in [0, 0.05) is 0 Å². The molecule has 0 radical (unpaired) electrons. The van der Waals surface area contributed by atoms with Crippen molar-refractivity contribution in [2.75, 3.05) is 0 Å². The Balaban J connectivity index is 1.43. The van der Waals surface area contributed by atoms with Crippen LogP contribution in [0.1, 0.15) is 103 Å². The molecule has 1 aromatic rings. The van der Waals surface area contributed by atoms with Crippen molar-refractivity contribution in [1.82, 2.24) is 0 Å². The van der Waals surface area contributed by atoms with E-state index in [4.69, 9.17) is 4.74 Å². The monoisotopic (exact) mass is 398 g/mol. The van der Waals surface area contributed by atoms with Gasteiger partial charge in [-0.2, -0.15) is 0 Å². The van der Waals surface area contributed by atoms with Crippen LogP contribution in [-0.2, 0) is 11.2 Å². The summed E-state index contributed by atoms with van der Waals surface area (Å²) >= 11 is 0. The van der Waals surface area contributed by atoms with E-state index in [1.165, 1.54) is 76.2 Å². The van der Waals surface area contributed by atoms with Crippen LogP contribution in [0.25, 0.3) is 0 Å². The number of hydrogen-bond donors (Lipinski definition) is 0. The predicted molar refractivity (Wildman–Crippen MR) is 121 cm³/mol. The van der Waals surface area contributed by atoms with Crippen LogP contribution in [0.2, 0.25) is 0 Å². The molecule has 0 heterocycles. The molecule has 29 heavy (non-hydrogen) atoms. The second kappa shape index (κ2) is 11.8. The molecular weight excluding hydrogens is 356 g/mol. The summed E-state index contributed by atoms with van der Waals surface area (Å²) in [6.45, 7) is 4.52. The highest BCUT2D eigenvalue weighted by Crippen LogP contribution is 2.46. The number of carbonyl (C=O) groups excluding carboxylic acids is 1. The van der Waals surface area contributed by atoms with Gasteiger partial charge in [0.2, 0.25) is 0 Å².